The highest BCUT2D eigenvalue weighted by molar-refractivity contribution is 5.71. The minimum Gasteiger partial charge on any atom is -0.491 e. The fraction of sp³-hybridized carbons (Fsp3) is 0.345. The topological polar surface area (TPSA) is 87.8 Å². The lowest BCUT2D eigenvalue weighted by atomic mass is 9.98. The van der Waals surface area contributed by atoms with Crippen molar-refractivity contribution < 1.29 is 14.6 Å². The Morgan fingerprint density at radius 1 is 1.03 bits per heavy atom. The molecule has 0 bridgehead atoms. The summed E-state index contributed by atoms with van der Waals surface area (Å²) in [6.45, 7) is 1.98. The SMILES string of the molecule is NC(=O)NCc1ccc2c(c1)CC(N(Cc1ccccc1)C[C@H](O)COc1ccccc1)CCC2. The van der Waals surface area contributed by atoms with Crippen molar-refractivity contribution >= 4 is 6.03 Å². The molecule has 0 fully saturated rings. The molecule has 0 saturated heterocycles. The zero-order chi connectivity index (χ0) is 24.5. The molecule has 6 heteroatoms. The van der Waals surface area contributed by atoms with Gasteiger partial charge in [-0.1, -0.05) is 66.7 Å². The molecule has 6 nitrogen and oxygen atoms in total. The second-order valence-corrected chi connectivity index (χ2v) is 9.26. The van der Waals surface area contributed by atoms with Crippen LogP contribution in [0.25, 0.3) is 0 Å². The van der Waals surface area contributed by atoms with Gasteiger partial charge in [-0.05, 0) is 60.1 Å². The van der Waals surface area contributed by atoms with Crippen molar-refractivity contribution in [1.29, 1.82) is 0 Å². The first kappa shape index (κ1) is 24.8. The van der Waals surface area contributed by atoms with Crippen molar-refractivity contribution in [3.8, 4) is 5.75 Å². The maximum Gasteiger partial charge on any atom is 0.312 e. The van der Waals surface area contributed by atoms with E-state index < -0.39 is 12.1 Å². The van der Waals surface area contributed by atoms with Crippen LogP contribution in [0.4, 0.5) is 4.79 Å². The summed E-state index contributed by atoms with van der Waals surface area (Å²) in [6, 6.07) is 26.3. The van der Waals surface area contributed by atoms with Gasteiger partial charge < -0.3 is 20.9 Å². The van der Waals surface area contributed by atoms with E-state index in [9.17, 15) is 9.90 Å². The van der Waals surface area contributed by atoms with E-state index in [1.807, 2.05) is 36.4 Å². The summed E-state index contributed by atoms with van der Waals surface area (Å²) in [4.78, 5) is 13.5. The van der Waals surface area contributed by atoms with Crippen LogP contribution in [-0.4, -0.2) is 41.3 Å². The molecular weight excluding hydrogens is 438 g/mol. The lowest BCUT2D eigenvalue weighted by Crippen LogP contribution is -2.42. The van der Waals surface area contributed by atoms with Crippen LogP contribution in [0.1, 0.15) is 35.1 Å². The lowest BCUT2D eigenvalue weighted by molar-refractivity contribution is 0.0463. The van der Waals surface area contributed by atoms with Crippen molar-refractivity contribution in [2.45, 2.75) is 50.9 Å². The van der Waals surface area contributed by atoms with Crippen LogP contribution in [0.15, 0.2) is 78.9 Å². The molecule has 2 atom stereocenters. The maximum atomic E-state index is 11.1. The molecule has 184 valence electrons. The standard InChI is InChI=1S/C29H35N3O3/c30-29(34)31-18-23-14-15-24-10-7-11-26(17-25(24)16-23)32(19-22-8-3-1-4-9-22)20-27(33)21-35-28-12-5-2-6-13-28/h1-6,8-9,12-16,26-27,33H,7,10-11,17-21H2,(H3,30,31,34)/t26?,27-/m0/s1. The van der Waals surface area contributed by atoms with Gasteiger partial charge in [0.05, 0.1) is 0 Å². The van der Waals surface area contributed by atoms with Crippen LogP contribution >= 0.6 is 0 Å². The largest absolute Gasteiger partial charge is 0.491 e. The molecule has 0 radical (unpaired) electrons. The van der Waals surface area contributed by atoms with Gasteiger partial charge in [-0.25, -0.2) is 4.79 Å². The summed E-state index contributed by atoms with van der Waals surface area (Å²) in [5, 5.41) is 13.6. The van der Waals surface area contributed by atoms with Crippen LogP contribution < -0.4 is 15.8 Å². The lowest BCUT2D eigenvalue weighted by Gasteiger charge is -2.33. The molecule has 0 aliphatic heterocycles. The first-order chi connectivity index (χ1) is 17.1. The van der Waals surface area contributed by atoms with Gasteiger partial charge >= 0.3 is 6.03 Å². The van der Waals surface area contributed by atoms with Crippen molar-refractivity contribution in [2.24, 2.45) is 5.73 Å². The van der Waals surface area contributed by atoms with Gasteiger partial charge in [0.25, 0.3) is 0 Å². The van der Waals surface area contributed by atoms with Crippen LogP contribution in [-0.2, 0) is 25.9 Å². The van der Waals surface area contributed by atoms with Crippen LogP contribution in [0.3, 0.4) is 0 Å². The Labute approximate surface area is 207 Å². The van der Waals surface area contributed by atoms with Gasteiger partial charge in [-0.3, -0.25) is 4.90 Å². The van der Waals surface area contributed by atoms with Gasteiger partial charge in [0, 0.05) is 25.7 Å². The van der Waals surface area contributed by atoms with Gasteiger partial charge in [-0.2, -0.15) is 0 Å². The summed E-state index contributed by atoms with van der Waals surface area (Å²) in [5.41, 5.74) is 10.2. The number of hydrogen-bond donors (Lipinski definition) is 3. The number of primary amides is 1. The number of aliphatic hydroxyl groups is 1. The van der Waals surface area contributed by atoms with E-state index in [2.05, 4.69) is 52.7 Å². The summed E-state index contributed by atoms with van der Waals surface area (Å²) in [6.07, 6.45) is 3.49. The van der Waals surface area contributed by atoms with Crippen LogP contribution in [0, 0.1) is 0 Å². The average molecular weight is 474 g/mol. The summed E-state index contributed by atoms with van der Waals surface area (Å²) >= 11 is 0. The number of fused-ring (bicyclic) bond motifs is 1. The Morgan fingerprint density at radius 2 is 1.77 bits per heavy atom. The quantitative estimate of drug-likeness (QED) is 0.388. The number of ether oxygens (including phenoxy) is 1. The van der Waals surface area contributed by atoms with Crippen molar-refractivity contribution in [1.82, 2.24) is 10.2 Å². The second kappa shape index (κ2) is 12.4. The molecule has 1 aliphatic rings. The van der Waals surface area contributed by atoms with E-state index >= 15 is 0 Å². The van der Waals surface area contributed by atoms with Gasteiger partial charge in [0.2, 0.25) is 0 Å². The van der Waals surface area contributed by atoms with Crippen LogP contribution in [0.5, 0.6) is 5.75 Å². The molecule has 4 N–H and O–H groups in total. The molecular formula is C29H35N3O3. The zero-order valence-corrected chi connectivity index (χ0v) is 20.1. The molecule has 2 amide bonds. The van der Waals surface area contributed by atoms with E-state index in [4.69, 9.17) is 10.5 Å². The number of nitrogens with two attached hydrogens (primary N) is 1. The molecule has 35 heavy (non-hydrogen) atoms. The number of amides is 2. The molecule has 3 aromatic rings. The number of carbonyl (C=O) groups excluding carboxylic acids is 1. The van der Waals surface area contributed by atoms with Crippen molar-refractivity contribution in [3.05, 3.63) is 101 Å². The fourth-order valence-electron chi connectivity index (χ4n) is 4.80. The minimum absolute atomic E-state index is 0.252. The van der Waals surface area contributed by atoms with E-state index in [0.29, 0.717) is 19.1 Å². The molecule has 0 saturated carbocycles. The Kier molecular flexibility index (Phi) is 8.76. The van der Waals surface area contributed by atoms with Gasteiger partial charge in [-0.15, -0.1) is 0 Å². The monoisotopic (exact) mass is 473 g/mol. The number of nitrogens with one attached hydrogen (secondary N) is 1. The molecule has 0 heterocycles. The summed E-state index contributed by atoms with van der Waals surface area (Å²) in [7, 11) is 0. The Bertz CT molecular complexity index is 1080. The number of aryl methyl sites for hydroxylation is 1. The predicted octanol–water partition coefficient (Wildman–Crippen LogP) is 4.04. The second-order valence-electron chi connectivity index (χ2n) is 9.26. The minimum atomic E-state index is -0.604. The molecule has 0 aromatic heterocycles. The Balaban J connectivity index is 1.48. The van der Waals surface area contributed by atoms with E-state index in [-0.39, 0.29) is 6.61 Å². The highest BCUT2D eigenvalue weighted by Crippen LogP contribution is 2.26. The predicted molar refractivity (Wildman–Crippen MR) is 138 cm³/mol. The molecule has 0 spiro atoms. The third kappa shape index (κ3) is 7.57. The number of para-hydroxylation sites is 1. The molecule has 4 rings (SSSR count). The highest BCUT2D eigenvalue weighted by atomic mass is 16.5. The smallest absolute Gasteiger partial charge is 0.312 e. The Morgan fingerprint density at radius 3 is 2.51 bits per heavy atom. The third-order valence-corrected chi connectivity index (χ3v) is 6.55. The van der Waals surface area contributed by atoms with E-state index in [0.717, 1.165) is 43.5 Å². The van der Waals surface area contributed by atoms with E-state index in [1.165, 1.54) is 16.7 Å². The number of nitrogens with zero attached hydrogens (tertiary/aromatic N) is 1. The number of carbonyl (C=O) groups is 1. The van der Waals surface area contributed by atoms with Crippen molar-refractivity contribution in [2.75, 3.05) is 13.2 Å². The highest BCUT2D eigenvalue weighted by Gasteiger charge is 2.25. The molecule has 1 unspecified atom stereocenters. The van der Waals surface area contributed by atoms with Crippen LogP contribution in [0.2, 0.25) is 0 Å². The molecule has 3 aromatic carbocycles. The van der Waals surface area contributed by atoms with E-state index in [1.54, 1.807) is 0 Å². The Hall–Kier alpha value is -3.35. The fourth-order valence-corrected chi connectivity index (χ4v) is 4.80. The summed E-state index contributed by atoms with van der Waals surface area (Å²) in [5.74, 6) is 0.765. The average Bonchev–Trinajstić information content (AvgIpc) is 3.09. The maximum absolute atomic E-state index is 11.1. The zero-order valence-electron chi connectivity index (χ0n) is 20.1. The first-order valence-electron chi connectivity index (χ1n) is 12.3. The number of urea groups is 1. The van der Waals surface area contributed by atoms with Crippen molar-refractivity contribution in [3.63, 3.8) is 0 Å². The number of aliphatic hydroxyl groups excluding tert-OH is 1. The van der Waals surface area contributed by atoms with Gasteiger partial charge in [0.15, 0.2) is 0 Å². The first-order valence-corrected chi connectivity index (χ1v) is 12.3. The molecule has 1 aliphatic carbocycles. The summed E-state index contributed by atoms with van der Waals surface area (Å²) < 4.78 is 5.83. The number of hydrogen-bond acceptors (Lipinski definition) is 4. The third-order valence-electron chi connectivity index (χ3n) is 6.55. The number of benzene rings is 3. The van der Waals surface area contributed by atoms with Gasteiger partial charge in [0.1, 0.15) is 18.5 Å². The normalized spacial score (nSPS) is 16.2. The number of rotatable bonds is 10.